The first kappa shape index (κ1) is 60.4. The molecule has 0 spiro atoms. The third-order valence-corrected chi connectivity index (χ3v) is 17.1. The maximum Gasteiger partial charge on any atom is 0.309 e. The molecule has 0 bridgehead atoms. The lowest BCUT2D eigenvalue weighted by atomic mass is 9.88. The fraction of sp³-hybridized carbons (Fsp3) is 0.879. The van der Waals surface area contributed by atoms with Crippen molar-refractivity contribution in [2.45, 2.75) is 228 Å². The van der Waals surface area contributed by atoms with E-state index in [2.05, 4.69) is 27.7 Å². The normalized spacial score (nSPS) is 33.7. The molecule has 6 rings (SSSR count). The minimum Gasteiger partial charge on any atom is -0.466 e. The van der Waals surface area contributed by atoms with Crippen molar-refractivity contribution < 1.29 is 62.4 Å². The Balaban J connectivity index is 0.000000272. The van der Waals surface area contributed by atoms with Gasteiger partial charge in [-0.05, 0) is 128 Å². The van der Waals surface area contributed by atoms with Crippen molar-refractivity contribution in [3.8, 4) is 0 Å². The van der Waals surface area contributed by atoms with Crippen LogP contribution in [0.4, 0.5) is 0 Å². The van der Waals surface area contributed by atoms with Gasteiger partial charge in [0.2, 0.25) is 11.8 Å². The van der Waals surface area contributed by atoms with Crippen LogP contribution >= 0.6 is 0 Å². The number of fused-ring (bicyclic) bond motifs is 6. The molecule has 4 aliphatic heterocycles. The SMILES string of the molecule is CCOC(=O)[C@@H]1CCCCCCCO[C@@H](C)[C@H](CC(=O)OC(C)(C)C)C(=O)N2C[C@H]3[C@@H]([C@H]2C(=O)C1)C3(C)C.C[C@@H]1OCCCCCCC[C@@H](CO)CC(=O)[C@@H]2[C@@H]3[C@H](CN2C(=O)[C@H]1CC(=O)OC(C)(C)C)C3(C)C. The van der Waals surface area contributed by atoms with Crippen molar-refractivity contribution >= 4 is 41.3 Å². The first-order valence-corrected chi connectivity index (χ1v) is 28.2. The quantitative estimate of drug-likeness (QED) is 0.188. The van der Waals surface area contributed by atoms with E-state index in [1.807, 2.05) is 34.6 Å². The highest BCUT2D eigenvalue weighted by atomic mass is 16.6. The number of ether oxygens (including phenoxy) is 5. The summed E-state index contributed by atoms with van der Waals surface area (Å²) in [4.78, 5) is 97.2. The molecule has 0 radical (unpaired) electrons. The molecule has 2 aliphatic carbocycles. The van der Waals surface area contributed by atoms with Gasteiger partial charge in [-0.2, -0.15) is 0 Å². The lowest BCUT2D eigenvalue weighted by Gasteiger charge is -2.35. The van der Waals surface area contributed by atoms with Crippen molar-refractivity contribution in [3.63, 3.8) is 0 Å². The second-order valence-corrected chi connectivity index (χ2v) is 25.7. The van der Waals surface area contributed by atoms with E-state index >= 15 is 0 Å². The number of carbonyl (C=O) groups is 7. The predicted molar refractivity (Wildman–Crippen MR) is 277 cm³/mol. The maximum atomic E-state index is 14.1. The Hall–Kier alpha value is -3.43. The standard InChI is InChI=1S/C30H49NO7.C28H47NO6/c1-8-36-28(35)20-14-12-10-9-11-13-15-37-19(2)21(17-24(33)38-29(3,4)5)27(34)31-18-22-25(30(22,6)7)26(31)23(32)16-20;1-18-20(15-23(32)35-27(2,3)4)26(33)29-16-21-24(28(21,5)6)25(29)22(31)14-19(17-30)12-10-8-7-9-11-13-34-18/h19-22,25-26H,8-18H2,1-7H3;18-21,24-25,30H,7-17H2,1-6H3/t19-,20+,21-,22-,25-,26+;18-,19+,20-,21-,24-,25+/m00/s1. The molecule has 416 valence electrons. The average molecular weight is 1030 g/mol. The van der Waals surface area contributed by atoms with E-state index in [9.17, 15) is 38.7 Å². The van der Waals surface area contributed by atoms with Gasteiger partial charge in [0.25, 0.3) is 0 Å². The van der Waals surface area contributed by atoms with Gasteiger partial charge >= 0.3 is 17.9 Å². The molecule has 0 aromatic heterocycles. The third kappa shape index (κ3) is 16.1. The number of rotatable bonds is 7. The van der Waals surface area contributed by atoms with Crippen LogP contribution in [-0.2, 0) is 57.2 Å². The molecule has 2 amide bonds. The molecule has 73 heavy (non-hydrogen) atoms. The topological polar surface area (TPSA) is 192 Å². The van der Waals surface area contributed by atoms with E-state index in [4.69, 9.17) is 23.7 Å². The number of aliphatic hydroxyl groups excluding tert-OH is 1. The molecule has 6 fully saturated rings. The smallest absolute Gasteiger partial charge is 0.309 e. The Morgan fingerprint density at radius 1 is 0.616 bits per heavy atom. The van der Waals surface area contributed by atoms with Crippen LogP contribution in [0.25, 0.3) is 0 Å². The lowest BCUT2D eigenvalue weighted by Crippen LogP contribution is -2.50. The summed E-state index contributed by atoms with van der Waals surface area (Å²) in [6, 6.07) is -1.08. The highest BCUT2D eigenvalue weighted by molar-refractivity contribution is 5.95. The number of Topliss-reactive ketones (excluding diaryl/α,β-unsaturated/α-hetero) is 2. The van der Waals surface area contributed by atoms with E-state index in [0.717, 1.165) is 70.6 Å². The minimum atomic E-state index is -0.741. The van der Waals surface area contributed by atoms with Crippen LogP contribution in [-0.4, -0.2) is 131 Å². The van der Waals surface area contributed by atoms with Crippen LogP contribution in [0.15, 0.2) is 0 Å². The number of hydrogen-bond acceptors (Lipinski definition) is 13. The highest BCUT2D eigenvalue weighted by Gasteiger charge is 2.70. The summed E-state index contributed by atoms with van der Waals surface area (Å²) in [5.74, 6) is -2.93. The number of amides is 2. The van der Waals surface area contributed by atoms with E-state index in [1.165, 1.54) is 0 Å². The number of hydrogen-bond donors (Lipinski definition) is 1. The highest BCUT2D eigenvalue weighted by Crippen LogP contribution is 2.66. The number of carbonyl (C=O) groups excluding carboxylic acids is 7. The van der Waals surface area contributed by atoms with Gasteiger partial charge in [0.05, 0.1) is 61.5 Å². The number of piperidine rings is 2. The summed E-state index contributed by atoms with van der Waals surface area (Å²) >= 11 is 0. The van der Waals surface area contributed by atoms with Gasteiger partial charge in [-0.25, -0.2) is 0 Å². The zero-order valence-electron chi connectivity index (χ0n) is 47.2. The summed E-state index contributed by atoms with van der Waals surface area (Å²) < 4.78 is 28.6. The number of nitrogens with zero attached hydrogens (tertiary/aromatic N) is 2. The molecule has 15 nitrogen and oxygen atoms in total. The summed E-state index contributed by atoms with van der Waals surface area (Å²) in [6.07, 6.45) is 10.5. The van der Waals surface area contributed by atoms with Crippen molar-refractivity contribution in [3.05, 3.63) is 0 Å². The van der Waals surface area contributed by atoms with Crippen molar-refractivity contribution in [1.82, 2.24) is 9.80 Å². The molecule has 15 heteroatoms. The first-order valence-electron chi connectivity index (χ1n) is 28.2. The van der Waals surface area contributed by atoms with Crippen molar-refractivity contribution in [1.29, 1.82) is 0 Å². The minimum absolute atomic E-state index is 0.00393. The van der Waals surface area contributed by atoms with Gasteiger partial charge in [-0.3, -0.25) is 33.6 Å². The van der Waals surface area contributed by atoms with Crippen LogP contribution in [0, 0.1) is 58.2 Å². The van der Waals surface area contributed by atoms with Crippen LogP contribution in [0.3, 0.4) is 0 Å². The van der Waals surface area contributed by atoms with Gasteiger partial charge in [-0.15, -0.1) is 0 Å². The molecule has 6 aliphatic rings. The predicted octanol–water partition coefficient (Wildman–Crippen LogP) is 8.86. The molecule has 0 aromatic rings. The Bertz CT molecular complexity index is 1920. The largest absolute Gasteiger partial charge is 0.466 e. The fourth-order valence-electron chi connectivity index (χ4n) is 12.7. The monoisotopic (exact) mass is 1030 g/mol. The van der Waals surface area contributed by atoms with Crippen LogP contribution in [0.2, 0.25) is 0 Å². The Morgan fingerprint density at radius 2 is 1.01 bits per heavy atom. The molecular formula is C58H96N2O13. The number of aliphatic hydroxyl groups is 1. The zero-order chi connectivity index (χ0) is 54.2. The molecule has 1 N–H and O–H groups in total. The molecule has 4 saturated heterocycles. The second-order valence-electron chi connectivity index (χ2n) is 25.7. The fourth-order valence-corrected chi connectivity index (χ4v) is 12.7. The summed E-state index contributed by atoms with van der Waals surface area (Å²) in [5, 5.41) is 9.94. The second kappa shape index (κ2) is 25.6. The van der Waals surface area contributed by atoms with E-state index in [-0.39, 0.29) is 102 Å². The zero-order valence-corrected chi connectivity index (χ0v) is 47.2. The van der Waals surface area contributed by atoms with Crippen LogP contribution in [0.1, 0.15) is 193 Å². The summed E-state index contributed by atoms with van der Waals surface area (Å²) in [5.41, 5.74) is -1.32. The summed E-state index contributed by atoms with van der Waals surface area (Å²) in [6.45, 7) is 27.3. The van der Waals surface area contributed by atoms with Gasteiger partial charge < -0.3 is 38.6 Å². The van der Waals surface area contributed by atoms with Crippen molar-refractivity contribution in [2.75, 3.05) is 39.5 Å². The maximum absolute atomic E-state index is 14.1. The molecule has 12 atom stereocenters. The van der Waals surface area contributed by atoms with Crippen LogP contribution in [0.5, 0.6) is 0 Å². The Morgan fingerprint density at radius 3 is 1.42 bits per heavy atom. The van der Waals surface area contributed by atoms with Crippen molar-refractivity contribution in [2.24, 2.45) is 58.2 Å². The molecule has 0 unspecified atom stereocenters. The van der Waals surface area contributed by atoms with E-state index < -0.39 is 65.2 Å². The summed E-state index contributed by atoms with van der Waals surface area (Å²) in [7, 11) is 0. The van der Waals surface area contributed by atoms with E-state index in [0.29, 0.717) is 39.1 Å². The first-order chi connectivity index (χ1) is 34.1. The number of ketones is 2. The lowest BCUT2D eigenvalue weighted by molar-refractivity contribution is -0.162. The Kier molecular flexibility index (Phi) is 21.2. The molecule has 4 heterocycles. The average Bonchev–Trinajstić information content (AvgIpc) is 3.74. The number of esters is 3. The van der Waals surface area contributed by atoms with Gasteiger partial charge in [0.1, 0.15) is 11.2 Å². The van der Waals surface area contributed by atoms with Crippen LogP contribution < -0.4 is 0 Å². The van der Waals surface area contributed by atoms with E-state index in [1.54, 1.807) is 37.5 Å². The molecule has 0 aromatic carbocycles. The van der Waals surface area contributed by atoms with Gasteiger partial charge in [0, 0.05) is 45.8 Å². The molecule has 2 saturated carbocycles. The Labute approximate surface area is 438 Å². The van der Waals surface area contributed by atoms with Gasteiger partial charge in [-0.1, -0.05) is 79.1 Å². The third-order valence-electron chi connectivity index (χ3n) is 17.1. The molecular weight excluding hydrogens is 933 g/mol. The van der Waals surface area contributed by atoms with Gasteiger partial charge in [0.15, 0.2) is 11.6 Å².